The van der Waals surface area contributed by atoms with E-state index >= 15 is 0 Å². The number of pyridine rings is 1. The van der Waals surface area contributed by atoms with E-state index in [4.69, 9.17) is 5.73 Å². The molecule has 1 aromatic heterocycles. The van der Waals surface area contributed by atoms with Gasteiger partial charge in [0, 0.05) is 19.2 Å². The van der Waals surface area contributed by atoms with Gasteiger partial charge in [0.05, 0.1) is 24.9 Å². The molecule has 204 valence electrons. The van der Waals surface area contributed by atoms with Gasteiger partial charge in [-0.3, -0.25) is 9.10 Å². The number of nitrogens with zero attached hydrogens (tertiary/aromatic N) is 3. The molecule has 37 heavy (non-hydrogen) atoms. The largest absolute Gasteiger partial charge is 0.351 e. The molecule has 0 spiro atoms. The number of carbonyl (C=O) groups excluding carboxylic acids is 1. The Kier molecular flexibility index (Phi) is 9.41. The SMILES string of the molecule is CC1CC1CN(CC(F)F)c1cc(C(=O)N[C@@H](Cc2ccccc2)C(N)CF)cc(N(C)S(C)(=O)=O)n1. The molecule has 8 nitrogen and oxygen atoms in total. The molecule has 4 atom stereocenters. The molecule has 1 amide bonds. The van der Waals surface area contributed by atoms with Crippen LogP contribution in [0.25, 0.3) is 0 Å². The smallest absolute Gasteiger partial charge is 0.255 e. The van der Waals surface area contributed by atoms with E-state index in [0.29, 0.717) is 12.5 Å². The highest BCUT2D eigenvalue weighted by atomic mass is 32.2. The van der Waals surface area contributed by atoms with Gasteiger partial charge in [-0.25, -0.2) is 26.6 Å². The topological polar surface area (TPSA) is 109 Å². The Labute approximate surface area is 216 Å². The van der Waals surface area contributed by atoms with Crippen LogP contribution in [0.1, 0.15) is 29.3 Å². The highest BCUT2D eigenvalue weighted by molar-refractivity contribution is 7.92. The molecule has 1 aromatic carbocycles. The second-order valence-corrected chi connectivity index (χ2v) is 11.7. The Morgan fingerprint density at radius 3 is 2.38 bits per heavy atom. The van der Waals surface area contributed by atoms with Crippen molar-refractivity contribution < 1.29 is 26.4 Å². The van der Waals surface area contributed by atoms with Gasteiger partial charge in [0.1, 0.15) is 18.3 Å². The first kappa shape index (κ1) is 28.7. The number of amides is 1. The number of halogens is 3. The summed E-state index contributed by atoms with van der Waals surface area (Å²) in [6.07, 6.45) is -0.538. The van der Waals surface area contributed by atoms with Crippen LogP contribution in [-0.2, 0) is 16.4 Å². The second-order valence-electron chi connectivity index (χ2n) is 9.66. The maximum Gasteiger partial charge on any atom is 0.255 e. The number of hydrogen-bond donors (Lipinski definition) is 2. The van der Waals surface area contributed by atoms with Gasteiger partial charge >= 0.3 is 0 Å². The average Bonchev–Trinajstić information content (AvgIpc) is 3.55. The first-order valence-electron chi connectivity index (χ1n) is 12.0. The molecule has 0 saturated heterocycles. The normalized spacial score (nSPS) is 18.8. The Morgan fingerprint density at radius 2 is 1.84 bits per heavy atom. The molecular weight excluding hydrogens is 507 g/mol. The Morgan fingerprint density at radius 1 is 1.22 bits per heavy atom. The number of nitrogens with one attached hydrogen (secondary N) is 1. The van der Waals surface area contributed by atoms with Crippen molar-refractivity contribution in [3.8, 4) is 0 Å². The van der Waals surface area contributed by atoms with E-state index in [1.165, 1.54) is 24.1 Å². The molecule has 0 bridgehead atoms. The molecule has 0 radical (unpaired) electrons. The minimum absolute atomic E-state index is 0.00253. The van der Waals surface area contributed by atoms with Crippen LogP contribution < -0.4 is 20.3 Å². The minimum Gasteiger partial charge on any atom is -0.351 e. The van der Waals surface area contributed by atoms with Crippen molar-refractivity contribution in [2.24, 2.45) is 17.6 Å². The molecule has 3 rings (SSSR count). The fourth-order valence-electron chi connectivity index (χ4n) is 4.03. The van der Waals surface area contributed by atoms with Crippen LogP contribution >= 0.6 is 0 Å². The number of aromatic nitrogens is 1. The molecule has 1 heterocycles. The van der Waals surface area contributed by atoms with Crippen molar-refractivity contribution in [1.82, 2.24) is 10.3 Å². The van der Waals surface area contributed by atoms with Crippen molar-refractivity contribution in [3.63, 3.8) is 0 Å². The number of carbonyl (C=O) groups is 1. The van der Waals surface area contributed by atoms with Crippen LogP contribution in [0.15, 0.2) is 42.5 Å². The standard InChI is InChI=1S/C25H34F3N5O3S/c1-16-9-19(16)14-33(15-22(27)28)24-12-18(11-23(31-24)32(2)37(3,35)36)25(34)30-21(20(29)13-26)10-17-7-5-4-6-8-17/h4-8,11-12,16,19-22H,9-10,13-15,29H2,1-3H3,(H,30,34)/t16?,19?,20?,21-/m0/s1. The van der Waals surface area contributed by atoms with Crippen LogP contribution in [0.4, 0.5) is 24.8 Å². The number of anilines is 2. The van der Waals surface area contributed by atoms with Crippen LogP contribution in [-0.4, -0.2) is 70.9 Å². The number of sulfonamides is 1. The molecule has 1 fully saturated rings. The van der Waals surface area contributed by atoms with E-state index in [1.807, 2.05) is 37.3 Å². The lowest BCUT2D eigenvalue weighted by molar-refractivity contribution is 0.0928. The Bertz CT molecular complexity index is 1170. The average molecular weight is 542 g/mol. The van der Waals surface area contributed by atoms with Crippen molar-refractivity contribution >= 4 is 27.6 Å². The summed E-state index contributed by atoms with van der Waals surface area (Å²) in [5, 5.41) is 2.74. The van der Waals surface area contributed by atoms with E-state index in [1.54, 1.807) is 0 Å². The summed E-state index contributed by atoms with van der Waals surface area (Å²) >= 11 is 0. The molecule has 1 saturated carbocycles. The second kappa shape index (κ2) is 12.1. The number of benzene rings is 1. The number of hydrogen-bond acceptors (Lipinski definition) is 6. The summed E-state index contributed by atoms with van der Waals surface area (Å²) in [5.74, 6) is -0.0966. The van der Waals surface area contributed by atoms with Gasteiger partial charge in [-0.2, -0.15) is 0 Å². The summed E-state index contributed by atoms with van der Waals surface area (Å²) < 4.78 is 65.7. The highest BCUT2D eigenvalue weighted by Gasteiger charge is 2.35. The minimum atomic E-state index is -3.76. The fourth-order valence-corrected chi connectivity index (χ4v) is 4.46. The molecule has 3 unspecified atom stereocenters. The molecule has 1 aliphatic carbocycles. The predicted molar refractivity (Wildman–Crippen MR) is 138 cm³/mol. The number of rotatable bonds is 13. The molecule has 3 N–H and O–H groups in total. The van der Waals surface area contributed by atoms with Gasteiger partial charge in [0.25, 0.3) is 12.3 Å². The first-order valence-corrected chi connectivity index (χ1v) is 13.9. The zero-order valence-corrected chi connectivity index (χ0v) is 22.0. The van der Waals surface area contributed by atoms with Crippen LogP contribution in [0.3, 0.4) is 0 Å². The molecule has 1 aliphatic rings. The first-order chi connectivity index (χ1) is 17.4. The fraction of sp³-hybridized carbons (Fsp3) is 0.520. The zero-order chi connectivity index (χ0) is 27.3. The van der Waals surface area contributed by atoms with Crippen molar-refractivity contribution in [2.75, 3.05) is 42.3 Å². The van der Waals surface area contributed by atoms with Crippen LogP contribution in [0, 0.1) is 11.8 Å². The lowest BCUT2D eigenvalue weighted by Crippen LogP contribution is -2.50. The van der Waals surface area contributed by atoms with Crippen LogP contribution in [0.2, 0.25) is 0 Å². The quantitative estimate of drug-likeness (QED) is 0.404. The number of alkyl halides is 3. The van der Waals surface area contributed by atoms with E-state index in [9.17, 15) is 26.4 Å². The third-order valence-electron chi connectivity index (χ3n) is 6.60. The zero-order valence-electron chi connectivity index (χ0n) is 21.1. The lowest BCUT2D eigenvalue weighted by Gasteiger charge is -2.27. The lowest BCUT2D eigenvalue weighted by atomic mass is 10.00. The van der Waals surface area contributed by atoms with Gasteiger partial charge < -0.3 is 16.0 Å². The Balaban J connectivity index is 1.97. The van der Waals surface area contributed by atoms with Crippen molar-refractivity contribution in [2.45, 2.75) is 38.3 Å². The number of nitrogens with two attached hydrogens (primary N) is 1. The van der Waals surface area contributed by atoms with Gasteiger partial charge in [0.2, 0.25) is 10.0 Å². The Hall–Kier alpha value is -2.86. The summed E-state index contributed by atoms with van der Waals surface area (Å²) in [6, 6.07) is 9.98. The van der Waals surface area contributed by atoms with E-state index in [-0.39, 0.29) is 29.5 Å². The van der Waals surface area contributed by atoms with Crippen LogP contribution in [0.5, 0.6) is 0 Å². The third kappa shape index (κ3) is 8.06. The summed E-state index contributed by atoms with van der Waals surface area (Å²) in [5.41, 5.74) is 6.79. The van der Waals surface area contributed by atoms with Crippen molar-refractivity contribution in [3.05, 3.63) is 53.6 Å². The highest BCUT2D eigenvalue weighted by Crippen LogP contribution is 2.39. The molecule has 2 aromatic rings. The summed E-state index contributed by atoms with van der Waals surface area (Å²) in [7, 11) is -2.50. The maximum atomic E-state index is 13.5. The van der Waals surface area contributed by atoms with E-state index < -0.39 is 47.7 Å². The van der Waals surface area contributed by atoms with E-state index in [2.05, 4.69) is 10.3 Å². The van der Waals surface area contributed by atoms with Gasteiger partial charge in [-0.15, -0.1) is 0 Å². The van der Waals surface area contributed by atoms with Gasteiger partial charge in [0.15, 0.2) is 0 Å². The summed E-state index contributed by atoms with van der Waals surface area (Å²) in [4.78, 5) is 19.0. The third-order valence-corrected chi connectivity index (χ3v) is 7.79. The molecule has 0 aliphatic heterocycles. The molecule has 12 heteroatoms. The maximum absolute atomic E-state index is 13.5. The van der Waals surface area contributed by atoms with Gasteiger partial charge in [-0.1, -0.05) is 37.3 Å². The van der Waals surface area contributed by atoms with E-state index in [0.717, 1.165) is 22.5 Å². The van der Waals surface area contributed by atoms with Gasteiger partial charge in [-0.05, 0) is 42.4 Å². The monoisotopic (exact) mass is 541 g/mol. The molecular formula is C25H34F3N5O3S. The van der Waals surface area contributed by atoms with Crippen molar-refractivity contribution in [1.29, 1.82) is 0 Å². The predicted octanol–water partition coefficient (Wildman–Crippen LogP) is 2.84. The summed E-state index contributed by atoms with van der Waals surface area (Å²) in [6.45, 7) is 0.831.